The molecular formula is C16H26N6O4. The second-order valence-corrected chi connectivity index (χ2v) is 7.29. The van der Waals surface area contributed by atoms with Crippen LogP contribution < -0.4 is 0 Å². The zero-order valence-electron chi connectivity index (χ0n) is 15.7. The summed E-state index contributed by atoms with van der Waals surface area (Å²) in [5, 5.41) is 5.40. The number of amides is 4. The summed E-state index contributed by atoms with van der Waals surface area (Å²) in [4.78, 5) is 53.2. The molecule has 0 radical (unpaired) electrons. The van der Waals surface area contributed by atoms with E-state index in [1.54, 1.807) is 28.2 Å². The molecule has 0 spiro atoms. The van der Waals surface area contributed by atoms with Crippen molar-refractivity contribution in [2.45, 2.75) is 24.9 Å². The molecule has 3 saturated heterocycles. The van der Waals surface area contributed by atoms with Crippen molar-refractivity contribution >= 4 is 23.6 Å². The van der Waals surface area contributed by atoms with E-state index in [2.05, 4.69) is 0 Å². The Kier molecular flexibility index (Phi) is 5.11. The number of rotatable bonds is 4. The van der Waals surface area contributed by atoms with E-state index in [1.165, 1.54) is 20.0 Å². The van der Waals surface area contributed by atoms with Gasteiger partial charge in [0.05, 0.1) is 12.8 Å². The second kappa shape index (κ2) is 7.03. The van der Waals surface area contributed by atoms with E-state index in [4.69, 9.17) is 0 Å². The minimum Gasteiger partial charge on any atom is -0.289 e. The maximum absolute atomic E-state index is 12.5. The molecule has 3 aliphatic rings. The Balaban J connectivity index is 1.60. The first-order valence-corrected chi connectivity index (χ1v) is 8.78. The lowest BCUT2D eigenvalue weighted by Gasteiger charge is -2.39. The molecule has 2 atom stereocenters. The average Bonchev–Trinajstić information content (AvgIpc) is 3.03. The lowest BCUT2D eigenvalue weighted by molar-refractivity contribution is -0.156. The SMILES string of the molecule is CN(C)N1C(=O)CC(N2CCN(C3CC(=O)N(N(C)C)C3=O)CC2)C1=O. The van der Waals surface area contributed by atoms with Crippen LogP contribution in [0.25, 0.3) is 0 Å². The minimum absolute atomic E-state index is 0.187. The molecule has 0 aromatic carbocycles. The summed E-state index contributed by atoms with van der Waals surface area (Å²) >= 11 is 0. The maximum atomic E-state index is 12.5. The molecule has 10 nitrogen and oxygen atoms in total. The van der Waals surface area contributed by atoms with Crippen LogP contribution in [-0.2, 0) is 19.2 Å². The third-order valence-corrected chi connectivity index (χ3v) is 5.23. The van der Waals surface area contributed by atoms with E-state index in [1.807, 2.05) is 9.80 Å². The maximum Gasteiger partial charge on any atom is 0.261 e. The molecule has 0 aromatic heterocycles. The Morgan fingerprint density at radius 2 is 0.962 bits per heavy atom. The van der Waals surface area contributed by atoms with Crippen LogP contribution in [0.1, 0.15) is 12.8 Å². The number of hydrogen-bond acceptors (Lipinski definition) is 8. The summed E-state index contributed by atoms with van der Waals surface area (Å²) in [5.74, 6) is -0.769. The third kappa shape index (κ3) is 3.13. The normalized spacial score (nSPS) is 29.2. The quantitative estimate of drug-likeness (QED) is 0.519. The highest BCUT2D eigenvalue weighted by Crippen LogP contribution is 2.24. The van der Waals surface area contributed by atoms with Crippen LogP contribution >= 0.6 is 0 Å². The molecule has 4 amide bonds. The molecule has 26 heavy (non-hydrogen) atoms. The second-order valence-electron chi connectivity index (χ2n) is 7.29. The Morgan fingerprint density at radius 1 is 0.654 bits per heavy atom. The van der Waals surface area contributed by atoms with Gasteiger partial charge in [0.15, 0.2) is 0 Å². The van der Waals surface area contributed by atoms with Crippen LogP contribution in [0, 0.1) is 0 Å². The van der Waals surface area contributed by atoms with Crippen molar-refractivity contribution in [2.24, 2.45) is 0 Å². The number of nitrogens with zero attached hydrogens (tertiary/aromatic N) is 6. The van der Waals surface area contributed by atoms with Gasteiger partial charge in [-0.15, -0.1) is 0 Å². The van der Waals surface area contributed by atoms with Crippen LogP contribution in [0.3, 0.4) is 0 Å². The molecule has 0 N–H and O–H groups in total. The fourth-order valence-electron chi connectivity index (χ4n) is 3.98. The van der Waals surface area contributed by atoms with Gasteiger partial charge in [0, 0.05) is 54.4 Å². The molecule has 3 rings (SSSR count). The van der Waals surface area contributed by atoms with Gasteiger partial charge < -0.3 is 0 Å². The minimum atomic E-state index is -0.439. The van der Waals surface area contributed by atoms with Crippen LogP contribution in [0.15, 0.2) is 0 Å². The Hall–Kier alpha value is -1.88. The number of carbonyl (C=O) groups is 4. The molecule has 0 aromatic rings. The first-order chi connectivity index (χ1) is 12.2. The lowest BCUT2D eigenvalue weighted by atomic mass is 10.1. The average molecular weight is 366 g/mol. The van der Waals surface area contributed by atoms with Gasteiger partial charge in [-0.25, -0.2) is 20.0 Å². The van der Waals surface area contributed by atoms with Gasteiger partial charge in [-0.3, -0.25) is 29.0 Å². The summed E-state index contributed by atoms with van der Waals surface area (Å²) in [7, 11) is 6.70. The Labute approximate surface area is 152 Å². The number of piperazine rings is 1. The summed E-state index contributed by atoms with van der Waals surface area (Å²) < 4.78 is 0. The van der Waals surface area contributed by atoms with Crippen molar-refractivity contribution < 1.29 is 19.2 Å². The third-order valence-electron chi connectivity index (χ3n) is 5.23. The molecule has 10 heteroatoms. The summed E-state index contributed by atoms with van der Waals surface area (Å²) in [5.41, 5.74) is 0. The predicted molar refractivity (Wildman–Crippen MR) is 91.0 cm³/mol. The Morgan fingerprint density at radius 3 is 1.19 bits per heavy atom. The molecular weight excluding hydrogens is 340 g/mol. The molecule has 2 unspecified atom stereocenters. The monoisotopic (exact) mass is 366 g/mol. The summed E-state index contributed by atoms with van der Waals surface area (Å²) in [6.45, 7) is 2.35. The predicted octanol–water partition coefficient (Wildman–Crippen LogP) is -2.19. The van der Waals surface area contributed by atoms with Crippen LogP contribution in [0.2, 0.25) is 0 Å². The molecule has 0 aliphatic carbocycles. The molecule has 3 heterocycles. The standard InChI is InChI=1S/C16H26N6O4/c1-17(2)21-13(23)9-11(15(21)25)19-5-7-20(8-6-19)12-10-14(24)22(16(12)26)18(3)4/h11-12H,5-10H2,1-4H3. The molecule has 3 fully saturated rings. The topological polar surface area (TPSA) is 87.7 Å². The Bertz CT molecular complexity index is 574. The van der Waals surface area contributed by atoms with Gasteiger partial charge in [-0.1, -0.05) is 0 Å². The lowest BCUT2D eigenvalue weighted by Crippen LogP contribution is -2.56. The van der Waals surface area contributed by atoms with Crippen molar-refractivity contribution in [3.63, 3.8) is 0 Å². The number of hydrazine groups is 2. The van der Waals surface area contributed by atoms with Crippen molar-refractivity contribution in [3.05, 3.63) is 0 Å². The van der Waals surface area contributed by atoms with E-state index in [-0.39, 0.29) is 36.5 Å². The molecule has 144 valence electrons. The highest BCUT2D eigenvalue weighted by Gasteiger charge is 2.47. The van der Waals surface area contributed by atoms with Gasteiger partial charge in [0.2, 0.25) is 11.8 Å². The van der Waals surface area contributed by atoms with Crippen molar-refractivity contribution in [1.82, 2.24) is 29.8 Å². The van der Waals surface area contributed by atoms with Crippen LogP contribution in [0.4, 0.5) is 0 Å². The number of hydrogen-bond donors (Lipinski definition) is 0. The van der Waals surface area contributed by atoms with E-state index < -0.39 is 12.1 Å². The van der Waals surface area contributed by atoms with E-state index in [0.29, 0.717) is 26.2 Å². The fourth-order valence-corrected chi connectivity index (χ4v) is 3.98. The van der Waals surface area contributed by atoms with Crippen molar-refractivity contribution in [2.75, 3.05) is 54.4 Å². The van der Waals surface area contributed by atoms with Gasteiger partial charge >= 0.3 is 0 Å². The van der Waals surface area contributed by atoms with Gasteiger partial charge in [-0.05, 0) is 0 Å². The fraction of sp³-hybridized carbons (Fsp3) is 0.750. The van der Waals surface area contributed by atoms with Crippen molar-refractivity contribution in [3.8, 4) is 0 Å². The van der Waals surface area contributed by atoms with Gasteiger partial charge in [-0.2, -0.15) is 0 Å². The highest BCUT2D eigenvalue weighted by atomic mass is 16.2. The van der Waals surface area contributed by atoms with Crippen molar-refractivity contribution in [1.29, 1.82) is 0 Å². The summed E-state index contributed by atoms with van der Waals surface area (Å²) in [6, 6.07) is -0.877. The zero-order chi connectivity index (χ0) is 19.2. The van der Waals surface area contributed by atoms with E-state index in [0.717, 1.165) is 0 Å². The molecule has 0 bridgehead atoms. The smallest absolute Gasteiger partial charge is 0.261 e. The zero-order valence-corrected chi connectivity index (χ0v) is 15.7. The highest BCUT2D eigenvalue weighted by molar-refractivity contribution is 6.05. The summed E-state index contributed by atoms with van der Waals surface area (Å²) in [6.07, 6.45) is 0.374. The van der Waals surface area contributed by atoms with Crippen LogP contribution in [0.5, 0.6) is 0 Å². The van der Waals surface area contributed by atoms with E-state index in [9.17, 15) is 19.2 Å². The molecule has 0 saturated carbocycles. The number of carbonyl (C=O) groups excluding carboxylic acids is 4. The van der Waals surface area contributed by atoms with Gasteiger partial charge in [0.25, 0.3) is 11.8 Å². The number of imide groups is 2. The van der Waals surface area contributed by atoms with Crippen LogP contribution in [-0.4, -0.2) is 120 Å². The largest absolute Gasteiger partial charge is 0.289 e. The first-order valence-electron chi connectivity index (χ1n) is 8.78. The van der Waals surface area contributed by atoms with E-state index >= 15 is 0 Å². The molecule has 3 aliphatic heterocycles. The van der Waals surface area contributed by atoms with Gasteiger partial charge in [0.1, 0.15) is 12.1 Å². The first kappa shape index (κ1) is 18.9.